The molecule has 1 heterocycles. The van der Waals surface area contributed by atoms with Crippen molar-refractivity contribution in [1.82, 2.24) is 10.2 Å². The van der Waals surface area contributed by atoms with E-state index in [0.29, 0.717) is 17.9 Å². The summed E-state index contributed by atoms with van der Waals surface area (Å²) in [5.41, 5.74) is 0. The summed E-state index contributed by atoms with van der Waals surface area (Å²) in [5, 5.41) is 3.32. The van der Waals surface area contributed by atoms with E-state index < -0.39 is 0 Å². The highest BCUT2D eigenvalue weighted by atomic mass is 16.2. The number of piperidine rings is 1. The Labute approximate surface area is 105 Å². The van der Waals surface area contributed by atoms with Crippen LogP contribution in [0.1, 0.15) is 46.5 Å². The van der Waals surface area contributed by atoms with Gasteiger partial charge in [0.25, 0.3) is 0 Å². The van der Waals surface area contributed by atoms with E-state index >= 15 is 0 Å². The quantitative estimate of drug-likeness (QED) is 0.816. The lowest BCUT2D eigenvalue weighted by molar-refractivity contribution is -0.139. The molecule has 0 aromatic heterocycles. The SMILES string of the molecule is CCNC1CCCN(C2CCC(C)C2C)C1=O. The molecule has 1 saturated heterocycles. The average Bonchev–Trinajstić information content (AvgIpc) is 2.64. The molecule has 4 unspecified atom stereocenters. The largest absolute Gasteiger partial charge is 0.338 e. The maximum atomic E-state index is 12.4. The normalized spacial score (nSPS) is 38.8. The van der Waals surface area contributed by atoms with Gasteiger partial charge in [-0.25, -0.2) is 0 Å². The van der Waals surface area contributed by atoms with Gasteiger partial charge in [0, 0.05) is 12.6 Å². The predicted octanol–water partition coefficient (Wildman–Crippen LogP) is 2.02. The van der Waals surface area contributed by atoms with Crippen molar-refractivity contribution in [1.29, 1.82) is 0 Å². The zero-order valence-electron chi connectivity index (χ0n) is 11.4. The molecule has 0 bridgehead atoms. The molecule has 98 valence electrons. The standard InChI is InChI=1S/C14H26N2O/c1-4-15-12-6-5-9-16(14(12)17)13-8-7-10(2)11(13)3/h10-13,15H,4-9H2,1-3H3. The number of hydrogen-bond donors (Lipinski definition) is 1. The van der Waals surface area contributed by atoms with Gasteiger partial charge in [0.15, 0.2) is 0 Å². The van der Waals surface area contributed by atoms with Crippen molar-refractivity contribution in [2.24, 2.45) is 11.8 Å². The second kappa shape index (κ2) is 5.38. The summed E-state index contributed by atoms with van der Waals surface area (Å²) < 4.78 is 0. The predicted molar refractivity (Wildman–Crippen MR) is 69.8 cm³/mol. The van der Waals surface area contributed by atoms with Gasteiger partial charge in [-0.05, 0) is 44.1 Å². The molecule has 1 N–H and O–H groups in total. The van der Waals surface area contributed by atoms with Crippen LogP contribution in [0.4, 0.5) is 0 Å². The number of likely N-dealkylation sites (tertiary alicyclic amines) is 1. The third-order valence-corrected chi connectivity index (χ3v) is 4.75. The first-order valence-electron chi connectivity index (χ1n) is 7.19. The second-order valence-corrected chi connectivity index (χ2v) is 5.77. The number of carbonyl (C=O) groups excluding carboxylic acids is 1. The Morgan fingerprint density at radius 3 is 2.65 bits per heavy atom. The van der Waals surface area contributed by atoms with E-state index in [1.54, 1.807) is 0 Å². The van der Waals surface area contributed by atoms with Crippen LogP contribution < -0.4 is 5.32 Å². The van der Waals surface area contributed by atoms with Crippen molar-refractivity contribution in [3.05, 3.63) is 0 Å². The Morgan fingerprint density at radius 1 is 1.29 bits per heavy atom. The van der Waals surface area contributed by atoms with Gasteiger partial charge in [0.1, 0.15) is 0 Å². The molecule has 4 atom stereocenters. The third-order valence-electron chi connectivity index (χ3n) is 4.75. The van der Waals surface area contributed by atoms with Gasteiger partial charge in [0.05, 0.1) is 6.04 Å². The Hall–Kier alpha value is -0.570. The Bertz CT molecular complexity index is 277. The fourth-order valence-electron chi connectivity index (χ4n) is 3.44. The van der Waals surface area contributed by atoms with E-state index in [2.05, 4.69) is 31.0 Å². The Morgan fingerprint density at radius 2 is 2.06 bits per heavy atom. The number of nitrogens with zero attached hydrogens (tertiary/aromatic N) is 1. The number of rotatable bonds is 3. The van der Waals surface area contributed by atoms with Crippen LogP contribution in [0.3, 0.4) is 0 Å². The van der Waals surface area contributed by atoms with E-state index in [-0.39, 0.29) is 6.04 Å². The number of nitrogens with one attached hydrogen (secondary N) is 1. The van der Waals surface area contributed by atoms with Gasteiger partial charge >= 0.3 is 0 Å². The molecule has 1 saturated carbocycles. The zero-order valence-corrected chi connectivity index (χ0v) is 11.4. The van der Waals surface area contributed by atoms with Crippen LogP contribution in [-0.2, 0) is 4.79 Å². The molecule has 0 aromatic carbocycles. The molecule has 2 rings (SSSR count). The molecule has 17 heavy (non-hydrogen) atoms. The van der Waals surface area contributed by atoms with E-state index in [9.17, 15) is 4.79 Å². The number of hydrogen-bond acceptors (Lipinski definition) is 2. The highest BCUT2D eigenvalue weighted by molar-refractivity contribution is 5.83. The van der Waals surface area contributed by atoms with Gasteiger partial charge < -0.3 is 10.2 Å². The molecule has 0 radical (unpaired) electrons. The molecule has 0 aromatic rings. The average molecular weight is 238 g/mol. The highest BCUT2D eigenvalue weighted by Gasteiger charge is 2.39. The van der Waals surface area contributed by atoms with Crippen molar-refractivity contribution in [2.45, 2.75) is 58.5 Å². The van der Waals surface area contributed by atoms with Crippen LogP contribution in [0.15, 0.2) is 0 Å². The lowest BCUT2D eigenvalue weighted by Gasteiger charge is -2.39. The van der Waals surface area contributed by atoms with E-state index in [4.69, 9.17) is 0 Å². The minimum atomic E-state index is 0.0804. The Balaban J connectivity index is 2.02. The van der Waals surface area contributed by atoms with E-state index in [1.165, 1.54) is 12.8 Å². The second-order valence-electron chi connectivity index (χ2n) is 5.77. The van der Waals surface area contributed by atoms with Crippen molar-refractivity contribution >= 4 is 5.91 Å². The van der Waals surface area contributed by atoms with Crippen LogP contribution in [-0.4, -0.2) is 36.0 Å². The monoisotopic (exact) mass is 238 g/mol. The van der Waals surface area contributed by atoms with Crippen LogP contribution in [0.25, 0.3) is 0 Å². The summed E-state index contributed by atoms with van der Waals surface area (Å²) in [7, 11) is 0. The van der Waals surface area contributed by atoms with Crippen molar-refractivity contribution in [3.8, 4) is 0 Å². The first-order valence-corrected chi connectivity index (χ1v) is 7.19. The number of likely N-dealkylation sites (N-methyl/N-ethyl adjacent to an activating group) is 1. The fraction of sp³-hybridized carbons (Fsp3) is 0.929. The first kappa shape index (κ1) is 12.9. The molecule has 1 aliphatic carbocycles. The minimum absolute atomic E-state index is 0.0804. The summed E-state index contributed by atoms with van der Waals surface area (Å²) >= 11 is 0. The van der Waals surface area contributed by atoms with Crippen LogP contribution in [0, 0.1) is 11.8 Å². The van der Waals surface area contributed by atoms with Gasteiger partial charge in [-0.3, -0.25) is 4.79 Å². The van der Waals surface area contributed by atoms with Crippen molar-refractivity contribution < 1.29 is 4.79 Å². The zero-order chi connectivity index (χ0) is 12.4. The molecule has 2 fully saturated rings. The molecular weight excluding hydrogens is 212 g/mol. The molecule has 3 nitrogen and oxygen atoms in total. The van der Waals surface area contributed by atoms with Crippen molar-refractivity contribution in [2.75, 3.05) is 13.1 Å². The topological polar surface area (TPSA) is 32.3 Å². The molecule has 1 aliphatic heterocycles. The smallest absolute Gasteiger partial charge is 0.239 e. The van der Waals surface area contributed by atoms with Crippen LogP contribution in [0.5, 0.6) is 0 Å². The van der Waals surface area contributed by atoms with Crippen LogP contribution >= 0.6 is 0 Å². The maximum Gasteiger partial charge on any atom is 0.239 e. The molecule has 1 amide bonds. The Kier molecular flexibility index (Phi) is 4.08. The molecule has 3 heteroatoms. The summed E-state index contributed by atoms with van der Waals surface area (Å²) in [6, 6.07) is 0.579. The summed E-state index contributed by atoms with van der Waals surface area (Å²) in [4.78, 5) is 14.6. The third kappa shape index (κ3) is 2.49. The lowest BCUT2D eigenvalue weighted by atomic mass is 9.94. The van der Waals surface area contributed by atoms with E-state index in [1.807, 2.05) is 0 Å². The van der Waals surface area contributed by atoms with Gasteiger partial charge in [-0.1, -0.05) is 20.8 Å². The summed E-state index contributed by atoms with van der Waals surface area (Å²) in [5.74, 6) is 1.79. The summed E-state index contributed by atoms with van der Waals surface area (Å²) in [6.07, 6.45) is 4.65. The van der Waals surface area contributed by atoms with Gasteiger partial charge in [-0.15, -0.1) is 0 Å². The maximum absolute atomic E-state index is 12.4. The highest BCUT2D eigenvalue weighted by Crippen LogP contribution is 2.36. The molecule has 0 spiro atoms. The lowest BCUT2D eigenvalue weighted by Crippen LogP contribution is -2.54. The fourth-order valence-corrected chi connectivity index (χ4v) is 3.44. The van der Waals surface area contributed by atoms with E-state index in [0.717, 1.165) is 31.8 Å². The minimum Gasteiger partial charge on any atom is -0.338 e. The number of carbonyl (C=O) groups is 1. The summed E-state index contributed by atoms with van der Waals surface area (Å²) in [6.45, 7) is 8.57. The number of amides is 1. The van der Waals surface area contributed by atoms with Gasteiger partial charge in [0.2, 0.25) is 5.91 Å². The first-order chi connectivity index (χ1) is 8.15. The molecular formula is C14H26N2O. The molecule has 2 aliphatic rings. The van der Waals surface area contributed by atoms with Gasteiger partial charge in [-0.2, -0.15) is 0 Å². The van der Waals surface area contributed by atoms with Crippen LogP contribution in [0.2, 0.25) is 0 Å². The van der Waals surface area contributed by atoms with Crippen molar-refractivity contribution in [3.63, 3.8) is 0 Å².